The number of aromatic hydroxyl groups is 1. The molecule has 4 nitrogen and oxygen atoms in total. The van der Waals surface area contributed by atoms with E-state index in [-0.39, 0.29) is 28.5 Å². The molecular weight excluding hydrogens is 385 g/mol. The van der Waals surface area contributed by atoms with Crippen LogP contribution in [0.1, 0.15) is 35.3 Å². The van der Waals surface area contributed by atoms with E-state index in [1.165, 1.54) is 50.4 Å². The lowest BCUT2D eigenvalue weighted by Crippen LogP contribution is -2.12. The molecule has 27 heavy (non-hydrogen) atoms. The Morgan fingerprint density at radius 2 is 1.81 bits per heavy atom. The molecule has 0 saturated heterocycles. The van der Waals surface area contributed by atoms with E-state index in [4.69, 9.17) is 21.1 Å². The van der Waals surface area contributed by atoms with E-state index in [9.17, 15) is 23.1 Å². The first-order chi connectivity index (χ1) is 12.6. The number of rotatable bonds is 6. The van der Waals surface area contributed by atoms with Crippen LogP contribution in [0.2, 0.25) is 5.02 Å². The van der Waals surface area contributed by atoms with Gasteiger partial charge in [-0.15, -0.1) is 0 Å². The molecule has 8 heteroatoms. The van der Waals surface area contributed by atoms with Gasteiger partial charge in [0.2, 0.25) is 0 Å². The number of alkyl halides is 3. The fourth-order valence-corrected chi connectivity index (χ4v) is 2.98. The molecule has 1 atom stereocenters. The van der Waals surface area contributed by atoms with Crippen LogP contribution in [0, 0.1) is 0 Å². The zero-order chi connectivity index (χ0) is 20.2. The number of phenolic OH excluding ortho intramolecular Hbond substituents is 1. The van der Waals surface area contributed by atoms with Crippen molar-refractivity contribution in [2.45, 2.75) is 32.2 Å². The number of carbonyl (C=O) groups is 1. The molecule has 0 saturated carbocycles. The smallest absolute Gasteiger partial charge is 0.393 e. The second kappa shape index (κ2) is 8.63. The SMILES string of the molecule is COC(c1ccc(CC(F)(F)F)cc1)c1c(O)cc(COC(C)=O)cc1Cl. The second-order valence-electron chi connectivity index (χ2n) is 5.94. The van der Waals surface area contributed by atoms with Gasteiger partial charge in [-0.05, 0) is 28.8 Å². The van der Waals surface area contributed by atoms with Gasteiger partial charge in [0.05, 0.1) is 11.4 Å². The Morgan fingerprint density at radius 1 is 1.19 bits per heavy atom. The third kappa shape index (κ3) is 5.87. The van der Waals surface area contributed by atoms with Crippen molar-refractivity contribution in [2.75, 3.05) is 7.11 Å². The molecule has 0 amide bonds. The molecule has 0 aliphatic heterocycles. The minimum absolute atomic E-state index is 0.0489. The van der Waals surface area contributed by atoms with E-state index in [0.717, 1.165) is 0 Å². The van der Waals surface area contributed by atoms with Gasteiger partial charge >= 0.3 is 12.1 Å². The lowest BCUT2D eigenvalue weighted by molar-refractivity contribution is -0.142. The Kier molecular flexibility index (Phi) is 6.73. The maximum atomic E-state index is 12.5. The van der Waals surface area contributed by atoms with Crippen molar-refractivity contribution in [1.29, 1.82) is 0 Å². The van der Waals surface area contributed by atoms with Crippen molar-refractivity contribution in [2.24, 2.45) is 0 Å². The van der Waals surface area contributed by atoms with Gasteiger partial charge < -0.3 is 14.6 Å². The van der Waals surface area contributed by atoms with Gasteiger partial charge in [0.1, 0.15) is 18.5 Å². The van der Waals surface area contributed by atoms with Gasteiger partial charge in [0.15, 0.2) is 0 Å². The summed E-state index contributed by atoms with van der Waals surface area (Å²) < 4.78 is 47.7. The van der Waals surface area contributed by atoms with Gasteiger partial charge in [0.25, 0.3) is 0 Å². The van der Waals surface area contributed by atoms with E-state index in [1.807, 2.05) is 0 Å². The lowest BCUT2D eigenvalue weighted by Gasteiger charge is -2.20. The molecule has 1 N–H and O–H groups in total. The number of carbonyl (C=O) groups excluding carboxylic acids is 1. The number of benzene rings is 2. The summed E-state index contributed by atoms with van der Waals surface area (Å²) in [6, 6.07) is 8.64. The van der Waals surface area contributed by atoms with E-state index >= 15 is 0 Å². The lowest BCUT2D eigenvalue weighted by atomic mass is 9.97. The highest BCUT2D eigenvalue weighted by molar-refractivity contribution is 6.31. The molecule has 0 aliphatic carbocycles. The topological polar surface area (TPSA) is 55.8 Å². The predicted octanol–water partition coefficient (Wildman–Crippen LogP) is 4.95. The Labute approximate surface area is 159 Å². The third-order valence-corrected chi connectivity index (χ3v) is 4.11. The molecule has 146 valence electrons. The van der Waals surface area contributed by atoms with Crippen molar-refractivity contribution in [1.82, 2.24) is 0 Å². The van der Waals surface area contributed by atoms with Crippen molar-refractivity contribution < 1.29 is 32.5 Å². The summed E-state index contributed by atoms with van der Waals surface area (Å²) in [5, 5.41) is 10.5. The summed E-state index contributed by atoms with van der Waals surface area (Å²) in [5.74, 6) is -0.640. The Morgan fingerprint density at radius 3 is 2.30 bits per heavy atom. The molecule has 0 aromatic heterocycles. The monoisotopic (exact) mass is 402 g/mol. The molecule has 0 bridgehead atoms. The summed E-state index contributed by atoms with van der Waals surface area (Å²) in [4.78, 5) is 10.9. The van der Waals surface area contributed by atoms with Crippen LogP contribution >= 0.6 is 11.6 Å². The molecule has 0 heterocycles. The maximum absolute atomic E-state index is 12.5. The summed E-state index contributed by atoms with van der Waals surface area (Å²) in [5.41, 5.74) is 1.42. The normalized spacial score (nSPS) is 12.7. The van der Waals surface area contributed by atoms with E-state index in [0.29, 0.717) is 11.1 Å². The van der Waals surface area contributed by atoms with E-state index in [1.54, 1.807) is 0 Å². The predicted molar refractivity (Wildman–Crippen MR) is 93.6 cm³/mol. The van der Waals surface area contributed by atoms with Crippen molar-refractivity contribution in [3.8, 4) is 5.75 Å². The van der Waals surface area contributed by atoms with Crippen LogP contribution in [-0.4, -0.2) is 24.4 Å². The van der Waals surface area contributed by atoms with Crippen molar-refractivity contribution >= 4 is 17.6 Å². The molecular formula is C19H18ClF3O4. The van der Waals surface area contributed by atoms with Crippen LogP contribution in [0.3, 0.4) is 0 Å². The summed E-state index contributed by atoms with van der Waals surface area (Å²) in [7, 11) is 1.40. The highest BCUT2D eigenvalue weighted by Crippen LogP contribution is 2.38. The zero-order valence-electron chi connectivity index (χ0n) is 14.6. The minimum atomic E-state index is -4.29. The fourth-order valence-electron chi connectivity index (χ4n) is 2.65. The third-order valence-electron chi connectivity index (χ3n) is 3.79. The highest BCUT2D eigenvalue weighted by atomic mass is 35.5. The summed E-state index contributed by atoms with van der Waals surface area (Å²) in [6.07, 6.45) is -6.09. The van der Waals surface area contributed by atoms with Gasteiger partial charge in [-0.3, -0.25) is 4.79 Å². The number of hydrogen-bond acceptors (Lipinski definition) is 4. The number of hydrogen-bond donors (Lipinski definition) is 1. The molecule has 2 aromatic carbocycles. The first-order valence-electron chi connectivity index (χ1n) is 7.93. The van der Waals surface area contributed by atoms with Crippen LogP contribution in [0.25, 0.3) is 0 Å². The van der Waals surface area contributed by atoms with Gasteiger partial charge in [-0.1, -0.05) is 35.9 Å². The first-order valence-corrected chi connectivity index (χ1v) is 8.31. The van der Waals surface area contributed by atoms with Crippen LogP contribution in [0.15, 0.2) is 36.4 Å². The van der Waals surface area contributed by atoms with Gasteiger partial charge in [-0.2, -0.15) is 13.2 Å². The minimum Gasteiger partial charge on any atom is -0.507 e. The molecule has 2 aromatic rings. The summed E-state index contributed by atoms with van der Waals surface area (Å²) in [6.45, 7) is 1.21. The molecule has 0 radical (unpaired) electrons. The number of esters is 1. The van der Waals surface area contributed by atoms with Crippen LogP contribution in [0.5, 0.6) is 5.75 Å². The average molecular weight is 403 g/mol. The fraction of sp³-hybridized carbons (Fsp3) is 0.316. The van der Waals surface area contributed by atoms with Gasteiger partial charge in [-0.25, -0.2) is 0 Å². The average Bonchev–Trinajstić information content (AvgIpc) is 2.56. The maximum Gasteiger partial charge on any atom is 0.393 e. The number of phenols is 1. The molecule has 0 spiro atoms. The van der Waals surface area contributed by atoms with Crippen LogP contribution in [-0.2, 0) is 27.3 Å². The highest BCUT2D eigenvalue weighted by Gasteiger charge is 2.28. The van der Waals surface area contributed by atoms with Gasteiger partial charge in [0, 0.05) is 19.6 Å². The Hall–Kier alpha value is -2.25. The number of methoxy groups -OCH3 is 1. The van der Waals surface area contributed by atoms with Crippen molar-refractivity contribution in [3.63, 3.8) is 0 Å². The molecule has 0 fully saturated rings. The standard InChI is InChI=1S/C19H18ClF3O4/c1-11(24)27-10-13-7-15(20)17(16(25)8-13)18(26-2)14-5-3-12(4-6-14)9-19(21,22)23/h3-8,18,25H,9-10H2,1-2H3. The van der Waals surface area contributed by atoms with Crippen molar-refractivity contribution in [3.05, 3.63) is 63.7 Å². The number of ether oxygens (including phenoxy) is 2. The van der Waals surface area contributed by atoms with E-state index in [2.05, 4.69) is 0 Å². The zero-order valence-corrected chi connectivity index (χ0v) is 15.4. The second-order valence-corrected chi connectivity index (χ2v) is 6.35. The molecule has 0 aliphatic rings. The summed E-state index contributed by atoms with van der Waals surface area (Å²) >= 11 is 6.26. The Balaban J connectivity index is 2.30. The van der Waals surface area contributed by atoms with Crippen LogP contribution in [0.4, 0.5) is 13.2 Å². The first kappa shape index (κ1) is 21.1. The Bertz CT molecular complexity index is 781. The largest absolute Gasteiger partial charge is 0.507 e. The molecule has 1 unspecified atom stereocenters. The number of halogens is 4. The quantitative estimate of drug-likeness (QED) is 0.695. The molecule has 2 rings (SSSR count). The van der Waals surface area contributed by atoms with E-state index < -0.39 is 24.7 Å². The van der Waals surface area contributed by atoms with Crippen LogP contribution < -0.4 is 0 Å².